The van der Waals surface area contributed by atoms with Crippen LogP contribution in [0, 0.1) is 0 Å². The molecule has 0 fully saturated rings. The van der Waals surface area contributed by atoms with E-state index in [0.29, 0.717) is 0 Å². The van der Waals surface area contributed by atoms with E-state index in [4.69, 9.17) is 19.3 Å². The van der Waals surface area contributed by atoms with Crippen LogP contribution in [0.1, 0.15) is 41.4 Å². The summed E-state index contributed by atoms with van der Waals surface area (Å²) < 4.78 is 44.0. The van der Waals surface area contributed by atoms with E-state index in [9.17, 15) is 23.2 Å². The highest BCUT2D eigenvalue weighted by Gasteiger charge is 2.51. The van der Waals surface area contributed by atoms with Crippen LogP contribution in [0.4, 0.5) is 13.6 Å². The highest BCUT2D eigenvalue weighted by molar-refractivity contribution is 5.90. The fourth-order valence-corrected chi connectivity index (χ4v) is 3.15. The number of ether oxygens (including phenoxy) is 3. The number of aliphatic carboxylic acids is 1. The minimum Gasteiger partial charge on any atom is -0.477 e. The smallest absolute Gasteiger partial charge is 0.477 e. The molecule has 0 amide bonds. The Bertz CT molecular complexity index is 1180. The second kappa shape index (κ2) is 10.3. The van der Waals surface area contributed by atoms with Crippen molar-refractivity contribution in [1.29, 1.82) is 0 Å². The standard InChI is InChI=1S/C26H22F2O7/c1-25(2,19-11-7-4-8-12-19)35-24(32)33-20-15-13-18(14-16-20)22(29)34-21(26(27,28)23(30)31)17-9-5-3-6-10-17/h3-16,21H,1-2H3,(H,30,31). The van der Waals surface area contributed by atoms with Crippen LogP contribution in [0.5, 0.6) is 5.75 Å². The summed E-state index contributed by atoms with van der Waals surface area (Å²) in [6.45, 7) is 3.39. The molecule has 1 unspecified atom stereocenters. The van der Waals surface area contributed by atoms with Crippen molar-refractivity contribution in [3.05, 3.63) is 102 Å². The Morgan fingerprint density at radius 2 is 1.37 bits per heavy atom. The van der Waals surface area contributed by atoms with Gasteiger partial charge in [0, 0.05) is 0 Å². The lowest BCUT2D eigenvalue weighted by molar-refractivity contribution is -0.183. The Balaban J connectivity index is 1.69. The van der Waals surface area contributed by atoms with Gasteiger partial charge in [-0.3, -0.25) is 0 Å². The van der Waals surface area contributed by atoms with E-state index in [1.165, 1.54) is 48.5 Å². The Labute approximate surface area is 199 Å². The summed E-state index contributed by atoms with van der Waals surface area (Å²) in [6.07, 6.45) is -3.33. The van der Waals surface area contributed by atoms with Gasteiger partial charge >= 0.3 is 24.0 Å². The summed E-state index contributed by atoms with van der Waals surface area (Å²) in [7, 11) is 0. The summed E-state index contributed by atoms with van der Waals surface area (Å²) in [5.41, 5.74) is -0.556. The van der Waals surface area contributed by atoms with Gasteiger partial charge in [-0.05, 0) is 49.2 Å². The van der Waals surface area contributed by atoms with Gasteiger partial charge in [0.15, 0.2) is 0 Å². The molecule has 3 rings (SSSR count). The normalized spacial score (nSPS) is 12.3. The van der Waals surface area contributed by atoms with Crippen molar-refractivity contribution in [2.24, 2.45) is 0 Å². The highest BCUT2D eigenvalue weighted by atomic mass is 19.3. The van der Waals surface area contributed by atoms with Crippen molar-refractivity contribution in [2.75, 3.05) is 0 Å². The lowest BCUT2D eigenvalue weighted by atomic mass is 9.98. The summed E-state index contributed by atoms with van der Waals surface area (Å²) in [5.74, 6) is -7.94. The van der Waals surface area contributed by atoms with Gasteiger partial charge in [0.1, 0.15) is 11.4 Å². The minimum atomic E-state index is -4.37. The Hall–Kier alpha value is -4.27. The van der Waals surface area contributed by atoms with E-state index in [2.05, 4.69) is 0 Å². The third kappa shape index (κ3) is 6.20. The molecule has 0 aliphatic heterocycles. The molecule has 0 aromatic heterocycles. The van der Waals surface area contributed by atoms with Crippen molar-refractivity contribution in [1.82, 2.24) is 0 Å². The molecular weight excluding hydrogens is 462 g/mol. The number of carboxylic acids is 1. The average Bonchev–Trinajstić information content (AvgIpc) is 2.83. The Kier molecular flexibility index (Phi) is 7.49. The minimum absolute atomic E-state index is 0.0332. The van der Waals surface area contributed by atoms with Crippen LogP contribution in [-0.4, -0.2) is 29.1 Å². The lowest BCUT2D eigenvalue weighted by Gasteiger charge is -2.25. The van der Waals surface area contributed by atoms with Crippen molar-refractivity contribution >= 4 is 18.1 Å². The van der Waals surface area contributed by atoms with Crippen molar-refractivity contribution < 1.29 is 42.5 Å². The molecule has 0 aliphatic rings. The van der Waals surface area contributed by atoms with E-state index in [1.807, 2.05) is 6.07 Å². The van der Waals surface area contributed by atoms with E-state index in [1.54, 1.807) is 44.2 Å². The van der Waals surface area contributed by atoms with Gasteiger partial charge in [-0.25, -0.2) is 14.4 Å². The molecule has 0 heterocycles. The SMILES string of the molecule is CC(C)(OC(=O)Oc1ccc(C(=O)OC(c2ccccc2)C(F)(F)C(=O)O)cc1)c1ccccc1. The maximum absolute atomic E-state index is 14.3. The van der Waals surface area contributed by atoms with Crippen LogP contribution in [0.2, 0.25) is 0 Å². The maximum Gasteiger partial charge on any atom is 0.514 e. The number of hydrogen-bond donors (Lipinski definition) is 1. The molecule has 0 radical (unpaired) electrons. The summed E-state index contributed by atoms with van der Waals surface area (Å²) in [6, 6.07) is 20.7. The Morgan fingerprint density at radius 3 is 1.91 bits per heavy atom. The zero-order valence-electron chi connectivity index (χ0n) is 18.8. The molecule has 3 aromatic rings. The first kappa shape index (κ1) is 25.4. The summed E-state index contributed by atoms with van der Waals surface area (Å²) in [5, 5.41) is 8.93. The lowest BCUT2D eigenvalue weighted by Crippen LogP contribution is -2.38. The predicted octanol–water partition coefficient (Wildman–Crippen LogP) is 5.76. The Morgan fingerprint density at radius 1 is 0.829 bits per heavy atom. The second-order valence-electron chi connectivity index (χ2n) is 7.98. The third-order valence-electron chi connectivity index (χ3n) is 5.04. The fraction of sp³-hybridized carbons (Fsp3) is 0.192. The zero-order valence-corrected chi connectivity index (χ0v) is 18.8. The zero-order chi connectivity index (χ0) is 25.6. The molecule has 3 aromatic carbocycles. The molecule has 7 nitrogen and oxygen atoms in total. The number of carbonyl (C=O) groups is 3. The van der Waals surface area contributed by atoms with Gasteiger partial charge in [-0.15, -0.1) is 0 Å². The number of hydrogen-bond acceptors (Lipinski definition) is 6. The van der Waals surface area contributed by atoms with Crippen LogP contribution in [0.25, 0.3) is 0 Å². The van der Waals surface area contributed by atoms with E-state index in [0.717, 1.165) is 5.56 Å². The molecule has 1 N–H and O–H groups in total. The van der Waals surface area contributed by atoms with Crippen molar-refractivity contribution in [3.8, 4) is 5.75 Å². The second-order valence-corrected chi connectivity index (χ2v) is 7.98. The van der Waals surface area contributed by atoms with Gasteiger partial charge in [0.25, 0.3) is 0 Å². The molecule has 0 bridgehead atoms. The number of carbonyl (C=O) groups excluding carboxylic acids is 2. The van der Waals surface area contributed by atoms with Crippen LogP contribution in [0.15, 0.2) is 84.9 Å². The van der Waals surface area contributed by atoms with Gasteiger partial charge in [-0.2, -0.15) is 8.78 Å². The van der Waals surface area contributed by atoms with Gasteiger partial charge in [-0.1, -0.05) is 60.7 Å². The third-order valence-corrected chi connectivity index (χ3v) is 5.04. The molecule has 0 saturated heterocycles. The first-order valence-corrected chi connectivity index (χ1v) is 10.4. The van der Waals surface area contributed by atoms with Gasteiger partial charge < -0.3 is 19.3 Å². The molecule has 0 spiro atoms. The van der Waals surface area contributed by atoms with Crippen LogP contribution in [-0.2, 0) is 19.9 Å². The topological polar surface area (TPSA) is 99.1 Å². The molecule has 182 valence electrons. The first-order chi connectivity index (χ1) is 16.5. The average molecular weight is 484 g/mol. The number of alkyl halides is 2. The number of rotatable bonds is 8. The molecule has 0 aliphatic carbocycles. The molecular formula is C26H22F2O7. The highest BCUT2D eigenvalue weighted by Crippen LogP contribution is 2.36. The number of esters is 1. The number of halogens is 2. The summed E-state index contributed by atoms with van der Waals surface area (Å²) >= 11 is 0. The fourth-order valence-electron chi connectivity index (χ4n) is 3.15. The molecule has 35 heavy (non-hydrogen) atoms. The van der Waals surface area contributed by atoms with E-state index >= 15 is 0 Å². The molecule has 9 heteroatoms. The predicted molar refractivity (Wildman–Crippen MR) is 120 cm³/mol. The largest absolute Gasteiger partial charge is 0.514 e. The van der Waals surface area contributed by atoms with Crippen molar-refractivity contribution in [2.45, 2.75) is 31.5 Å². The van der Waals surface area contributed by atoms with E-state index in [-0.39, 0.29) is 16.9 Å². The quantitative estimate of drug-likeness (QED) is 0.321. The number of benzene rings is 3. The van der Waals surface area contributed by atoms with Crippen molar-refractivity contribution in [3.63, 3.8) is 0 Å². The van der Waals surface area contributed by atoms with Crippen LogP contribution < -0.4 is 4.74 Å². The van der Waals surface area contributed by atoms with Crippen LogP contribution in [0.3, 0.4) is 0 Å². The summed E-state index contributed by atoms with van der Waals surface area (Å²) in [4.78, 5) is 35.8. The number of carboxylic acid groups (broad SMARTS) is 1. The monoisotopic (exact) mass is 484 g/mol. The van der Waals surface area contributed by atoms with Gasteiger partial charge in [0.2, 0.25) is 6.10 Å². The molecule has 0 saturated carbocycles. The van der Waals surface area contributed by atoms with Gasteiger partial charge in [0.05, 0.1) is 5.56 Å². The molecule has 1 atom stereocenters. The maximum atomic E-state index is 14.3. The van der Waals surface area contributed by atoms with Crippen LogP contribution >= 0.6 is 0 Å². The first-order valence-electron chi connectivity index (χ1n) is 10.4. The van der Waals surface area contributed by atoms with E-state index < -0.39 is 35.7 Å².